The van der Waals surface area contributed by atoms with E-state index in [4.69, 9.17) is 5.84 Å². The van der Waals surface area contributed by atoms with Gasteiger partial charge in [0.15, 0.2) is 0 Å². The third-order valence-electron chi connectivity index (χ3n) is 3.16. The molecule has 96 valence electrons. The predicted octanol–water partition coefficient (Wildman–Crippen LogP) is 1.26. The third-order valence-corrected chi connectivity index (χ3v) is 3.16. The molecule has 2 aromatic heterocycles. The highest BCUT2D eigenvalue weighted by atomic mass is 15.2. The number of imidazole rings is 1. The largest absolute Gasteiger partial charge is 0.338 e. The van der Waals surface area contributed by atoms with E-state index in [1.807, 2.05) is 43.1 Å². The Balaban J connectivity index is 2.07. The van der Waals surface area contributed by atoms with Crippen LogP contribution in [0.3, 0.4) is 0 Å². The SMILES string of the molecule is Cc1cccnc1C(CCc1nccn1C)NN. The molecular weight excluding hydrogens is 226 g/mol. The van der Waals surface area contributed by atoms with Crippen LogP contribution < -0.4 is 11.3 Å². The van der Waals surface area contributed by atoms with Gasteiger partial charge in [0.05, 0.1) is 11.7 Å². The van der Waals surface area contributed by atoms with Crippen LogP contribution in [0, 0.1) is 6.92 Å². The molecule has 0 radical (unpaired) electrons. The molecular formula is C13H19N5. The van der Waals surface area contributed by atoms with Crippen LogP contribution in [0.5, 0.6) is 0 Å². The lowest BCUT2D eigenvalue weighted by molar-refractivity contribution is 0.493. The van der Waals surface area contributed by atoms with Crippen molar-refractivity contribution in [1.29, 1.82) is 0 Å². The van der Waals surface area contributed by atoms with E-state index in [0.29, 0.717) is 0 Å². The minimum Gasteiger partial charge on any atom is -0.338 e. The lowest BCUT2D eigenvalue weighted by atomic mass is 10.0. The van der Waals surface area contributed by atoms with Crippen LogP contribution in [0.15, 0.2) is 30.7 Å². The minimum atomic E-state index is 0.0582. The van der Waals surface area contributed by atoms with Crippen molar-refractivity contribution in [3.63, 3.8) is 0 Å². The Bertz CT molecular complexity index is 506. The molecule has 2 rings (SSSR count). The van der Waals surface area contributed by atoms with Crippen molar-refractivity contribution >= 4 is 0 Å². The highest BCUT2D eigenvalue weighted by Gasteiger charge is 2.14. The maximum Gasteiger partial charge on any atom is 0.108 e. The molecule has 0 aliphatic carbocycles. The summed E-state index contributed by atoms with van der Waals surface area (Å²) in [5.74, 6) is 6.69. The van der Waals surface area contributed by atoms with E-state index in [2.05, 4.69) is 15.4 Å². The first kappa shape index (κ1) is 12.7. The van der Waals surface area contributed by atoms with Gasteiger partial charge < -0.3 is 4.57 Å². The molecule has 5 heteroatoms. The van der Waals surface area contributed by atoms with Crippen LogP contribution in [0.1, 0.15) is 29.5 Å². The topological polar surface area (TPSA) is 68.8 Å². The smallest absolute Gasteiger partial charge is 0.108 e. The number of hydrazine groups is 1. The number of hydrogen-bond acceptors (Lipinski definition) is 4. The maximum absolute atomic E-state index is 5.63. The molecule has 0 fully saturated rings. The van der Waals surface area contributed by atoms with Crippen molar-refractivity contribution in [3.8, 4) is 0 Å². The number of rotatable bonds is 5. The normalized spacial score (nSPS) is 12.6. The summed E-state index contributed by atoms with van der Waals surface area (Å²) in [7, 11) is 2.00. The number of hydrogen-bond donors (Lipinski definition) is 2. The molecule has 0 bridgehead atoms. The van der Waals surface area contributed by atoms with Gasteiger partial charge in [-0.25, -0.2) is 4.98 Å². The molecule has 0 saturated carbocycles. The van der Waals surface area contributed by atoms with Gasteiger partial charge in [-0.3, -0.25) is 16.3 Å². The summed E-state index contributed by atoms with van der Waals surface area (Å²) in [5.41, 5.74) is 5.00. The predicted molar refractivity (Wildman–Crippen MR) is 70.6 cm³/mol. The summed E-state index contributed by atoms with van der Waals surface area (Å²) in [6.07, 6.45) is 7.31. The number of aryl methyl sites for hydroxylation is 3. The zero-order valence-corrected chi connectivity index (χ0v) is 10.8. The van der Waals surface area contributed by atoms with Gasteiger partial charge in [0.25, 0.3) is 0 Å². The zero-order chi connectivity index (χ0) is 13.0. The van der Waals surface area contributed by atoms with Crippen LogP contribution in [0.2, 0.25) is 0 Å². The van der Waals surface area contributed by atoms with E-state index >= 15 is 0 Å². The molecule has 1 unspecified atom stereocenters. The second kappa shape index (κ2) is 5.75. The van der Waals surface area contributed by atoms with E-state index in [1.54, 1.807) is 6.20 Å². The number of aromatic nitrogens is 3. The molecule has 0 aliphatic rings. The van der Waals surface area contributed by atoms with Crippen LogP contribution in [-0.4, -0.2) is 14.5 Å². The molecule has 3 N–H and O–H groups in total. The second-order valence-electron chi connectivity index (χ2n) is 4.42. The highest BCUT2D eigenvalue weighted by Crippen LogP contribution is 2.18. The van der Waals surface area contributed by atoms with Crippen molar-refractivity contribution in [1.82, 2.24) is 20.0 Å². The van der Waals surface area contributed by atoms with E-state index in [-0.39, 0.29) is 6.04 Å². The van der Waals surface area contributed by atoms with E-state index in [0.717, 1.165) is 29.9 Å². The van der Waals surface area contributed by atoms with Crippen molar-refractivity contribution in [2.24, 2.45) is 12.9 Å². The summed E-state index contributed by atoms with van der Waals surface area (Å²) in [6, 6.07) is 4.04. The fraction of sp³-hybridized carbons (Fsp3) is 0.385. The average molecular weight is 245 g/mol. The van der Waals surface area contributed by atoms with Gasteiger partial charge in [-0.1, -0.05) is 6.07 Å². The van der Waals surface area contributed by atoms with Gasteiger partial charge >= 0.3 is 0 Å². The van der Waals surface area contributed by atoms with Gasteiger partial charge in [0, 0.05) is 32.1 Å². The Morgan fingerprint density at radius 1 is 1.39 bits per heavy atom. The zero-order valence-electron chi connectivity index (χ0n) is 10.8. The van der Waals surface area contributed by atoms with Gasteiger partial charge in [-0.05, 0) is 25.0 Å². The number of nitrogens with zero attached hydrogens (tertiary/aromatic N) is 3. The summed E-state index contributed by atoms with van der Waals surface area (Å²) < 4.78 is 2.03. The molecule has 18 heavy (non-hydrogen) atoms. The minimum absolute atomic E-state index is 0.0582. The number of pyridine rings is 1. The lowest BCUT2D eigenvalue weighted by Crippen LogP contribution is -2.29. The van der Waals surface area contributed by atoms with Crippen molar-refractivity contribution in [2.75, 3.05) is 0 Å². The Morgan fingerprint density at radius 2 is 2.22 bits per heavy atom. The maximum atomic E-state index is 5.63. The fourth-order valence-electron chi connectivity index (χ4n) is 2.07. The molecule has 1 atom stereocenters. The van der Waals surface area contributed by atoms with Crippen molar-refractivity contribution in [2.45, 2.75) is 25.8 Å². The second-order valence-corrected chi connectivity index (χ2v) is 4.42. The summed E-state index contributed by atoms with van der Waals surface area (Å²) >= 11 is 0. The third kappa shape index (κ3) is 2.75. The first-order chi connectivity index (χ1) is 8.72. The molecule has 0 aliphatic heterocycles. The molecule has 0 aromatic carbocycles. The molecule has 0 amide bonds. The van der Waals surface area contributed by atoms with Gasteiger partial charge in [0.1, 0.15) is 5.82 Å². The molecule has 0 saturated heterocycles. The molecule has 0 spiro atoms. The first-order valence-corrected chi connectivity index (χ1v) is 6.06. The Kier molecular flexibility index (Phi) is 4.07. The first-order valence-electron chi connectivity index (χ1n) is 6.06. The van der Waals surface area contributed by atoms with Crippen LogP contribution in [0.25, 0.3) is 0 Å². The quantitative estimate of drug-likeness (QED) is 0.614. The van der Waals surface area contributed by atoms with E-state index in [9.17, 15) is 0 Å². The highest BCUT2D eigenvalue weighted by molar-refractivity contribution is 5.21. The fourth-order valence-corrected chi connectivity index (χ4v) is 2.07. The van der Waals surface area contributed by atoms with Crippen LogP contribution >= 0.6 is 0 Å². The monoisotopic (exact) mass is 245 g/mol. The average Bonchev–Trinajstić information content (AvgIpc) is 2.78. The van der Waals surface area contributed by atoms with Crippen molar-refractivity contribution in [3.05, 3.63) is 47.8 Å². The van der Waals surface area contributed by atoms with E-state index in [1.165, 1.54) is 0 Å². The number of nitrogens with one attached hydrogen (secondary N) is 1. The Morgan fingerprint density at radius 3 is 2.83 bits per heavy atom. The Labute approximate surface area is 107 Å². The summed E-state index contributed by atoms with van der Waals surface area (Å²) in [5, 5.41) is 0. The molecule has 2 heterocycles. The van der Waals surface area contributed by atoms with Crippen LogP contribution in [-0.2, 0) is 13.5 Å². The summed E-state index contributed by atoms with van der Waals surface area (Å²) in [4.78, 5) is 8.71. The number of nitrogens with two attached hydrogens (primary N) is 1. The van der Waals surface area contributed by atoms with Crippen molar-refractivity contribution < 1.29 is 0 Å². The van der Waals surface area contributed by atoms with Crippen LogP contribution in [0.4, 0.5) is 0 Å². The lowest BCUT2D eigenvalue weighted by Gasteiger charge is -2.17. The summed E-state index contributed by atoms with van der Waals surface area (Å²) in [6.45, 7) is 2.05. The molecule has 5 nitrogen and oxygen atoms in total. The van der Waals surface area contributed by atoms with Gasteiger partial charge in [0.2, 0.25) is 0 Å². The standard InChI is InChI=1S/C13H19N5/c1-10-4-3-7-16-13(10)11(17-14)5-6-12-15-8-9-18(12)2/h3-4,7-9,11,17H,5-6,14H2,1-2H3. The van der Waals surface area contributed by atoms with Gasteiger partial charge in [-0.2, -0.15) is 0 Å². The molecule has 2 aromatic rings. The van der Waals surface area contributed by atoms with E-state index < -0.39 is 0 Å². The van der Waals surface area contributed by atoms with Gasteiger partial charge in [-0.15, -0.1) is 0 Å². The Hall–Kier alpha value is -1.72.